The first-order valence-corrected chi connectivity index (χ1v) is 20.9. The molecule has 3 aromatic heterocycles. The Morgan fingerprint density at radius 3 is 0.857 bits per heavy atom. The lowest BCUT2D eigenvalue weighted by molar-refractivity contribution is 0.671. The number of furan rings is 1. The normalized spacial score (nSPS) is 11.3. The van der Waals surface area contributed by atoms with Crippen LogP contribution < -0.4 is 0 Å². The molecule has 0 N–H and O–H groups in total. The van der Waals surface area contributed by atoms with E-state index in [-0.39, 0.29) is 0 Å². The molecule has 0 bridgehead atoms. The molecule has 0 amide bonds. The molecule has 0 atom stereocenters. The van der Waals surface area contributed by atoms with E-state index in [2.05, 4.69) is 86.6 Å². The Labute approximate surface area is 364 Å². The molecule has 0 radical (unpaired) electrons. The molecule has 0 saturated heterocycles. The molecule has 0 unspecified atom stereocenters. The Hall–Kier alpha value is -8.42. The summed E-state index contributed by atoms with van der Waals surface area (Å²) in [6.45, 7) is 4.27. The highest BCUT2D eigenvalue weighted by Gasteiger charge is 2.20. The van der Waals surface area contributed by atoms with Gasteiger partial charge in [-0.05, 0) is 72.5 Å². The van der Waals surface area contributed by atoms with E-state index < -0.39 is 0 Å². The highest BCUT2D eigenvalue weighted by molar-refractivity contribution is 6.13. The first-order valence-electron chi connectivity index (χ1n) is 20.9. The summed E-state index contributed by atoms with van der Waals surface area (Å²) in [4.78, 5) is 29.9. The fourth-order valence-electron chi connectivity index (χ4n) is 8.22. The molecule has 3 heterocycles. The second-order valence-electron chi connectivity index (χ2n) is 15.7. The third-order valence-electron chi connectivity index (χ3n) is 11.2. The van der Waals surface area contributed by atoms with Crippen LogP contribution >= 0.6 is 0 Å². The van der Waals surface area contributed by atoms with Crippen LogP contribution in [0.1, 0.15) is 11.1 Å². The quantitative estimate of drug-likeness (QED) is 0.151. The number of aryl methyl sites for hydroxylation is 2. The predicted molar refractivity (Wildman–Crippen MR) is 253 cm³/mol. The lowest BCUT2D eigenvalue weighted by Gasteiger charge is -2.10. The maximum absolute atomic E-state index is 7.05. The zero-order chi connectivity index (χ0) is 42.3. The Balaban J connectivity index is 1.03. The maximum Gasteiger partial charge on any atom is 0.164 e. The van der Waals surface area contributed by atoms with Gasteiger partial charge in [0, 0.05) is 55.3 Å². The average molecular weight is 811 g/mol. The van der Waals surface area contributed by atoms with Gasteiger partial charge in [-0.15, -0.1) is 0 Å². The zero-order valence-corrected chi connectivity index (χ0v) is 34.6. The highest BCUT2D eigenvalue weighted by atomic mass is 16.3. The van der Waals surface area contributed by atoms with Gasteiger partial charge in [0.25, 0.3) is 0 Å². The lowest BCUT2D eigenvalue weighted by Crippen LogP contribution is -2.00. The molecule has 0 saturated carbocycles. The Bertz CT molecular complexity index is 3120. The van der Waals surface area contributed by atoms with Gasteiger partial charge in [0.05, 0.1) is 0 Å². The van der Waals surface area contributed by atoms with Crippen LogP contribution in [0.5, 0.6) is 0 Å². The average Bonchev–Trinajstić information content (AvgIpc) is 3.72. The molecule has 298 valence electrons. The van der Waals surface area contributed by atoms with Gasteiger partial charge >= 0.3 is 0 Å². The van der Waals surface area contributed by atoms with Crippen LogP contribution in [0.2, 0.25) is 0 Å². The zero-order valence-electron chi connectivity index (χ0n) is 34.6. The fraction of sp³-hybridized carbons (Fsp3) is 0.0357. The minimum absolute atomic E-state index is 0.598. The van der Waals surface area contributed by atoms with Crippen molar-refractivity contribution in [3.05, 3.63) is 205 Å². The van der Waals surface area contributed by atoms with Gasteiger partial charge in [0.15, 0.2) is 34.9 Å². The number of fused-ring (bicyclic) bond motifs is 3. The minimum atomic E-state index is 0.598. The van der Waals surface area contributed by atoms with Gasteiger partial charge < -0.3 is 4.42 Å². The second-order valence-corrected chi connectivity index (χ2v) is 15.7. The van der Waals surface area contributed by atoms with Crippen molar-refractivity contribution in [1.29, 1.82) is 0 Å². The van der Waals surface area contributed by atoms with Crippen molar-refractivity contribution in [2.45, 2.75) is 13.8 Å². The molecular formula is C56H38N6O. The summed E-state index contributed by atoms with van der Waals surface area (Å²) >= 11 is 0. The highest BCUT2D eigenvalue weighted by Crippen LogP contribution is 2.42. The molecule has 11 aromatic rings. The number of nitrogens with zero attached hydrogens (tertiary/aromatic N) is 6. The lowest BCUT2D eigenvalue weighted by atomic mass is 9.96. The third kappa shape index (κ3) is 7.32. The van der Waals surface area contributed by atoms with Gasteiger partial charge in [0.1, 0.15) is 11.2 Å². The van der Waals surface area contributed by atoms with Crippen LogP contribution in [0, 0.1) is 13.8 Å². The van der Waals surface area contributed by atoms with Crippen LogP contribution in [0.15, 0.2) is 199 Å². The third-order valence-corrected chi connectivity index (χ3v) is 11.2. The Kier molecular flexibility index (Phi) is 9.47. The molecule has 0 fully saturated rings. The van der Waals surface area contributed by atoms with E-state index >= 15 is 0 Å². The van der Waals surface area contributed by atoms with Crippen molar-refractivity contribution in [2.24, 2.45) is 0 Å². The molecule has 0 aliphatic heterocycles. The van der Waals surface area contributed by atoms with E-state index in [4.69, 9.17) is 34.3 Å². The number of hydrogen-bond donors (Lipinski definition) is 0. The molecule has 63 heavy (non-hydrogen) atoms. The summed E-state index contributed by atoms with van der Waals surface area (Å²) in [7, 11) is 0. The van der Waals surface area contributed by atoms with E-state index in [1.54, 1.807) is 0 Å². The molecule has 7 heteroatoms. The van der Waals surface area contributed by atoms with Gasteiger partial charge in [0.2, 0.25) is 0 Å². The smallest absolute Gasteiger partial charge is 0.164 e. The summed E-state index contributed by atoms with van der Waals surface area (Å²) in [5, 5.41) is 2.11. The SMILES string of the molecule is Cc1cc(-c2cccc(-c3nc(-c4ccccc4)nc(-c4ccccc4)n3)c2)c2oc3c(-c4cccc(-c5nc(-c6ccccc6)nc(-c6ccccc6)n5)c4)cc(C)cc3c2c1. The van der Waals surface area contributed by atoms with E-state index in [1.807, 2.05) is 121 Å². The number of benzene rings is 8. The molecule has 7 nitrogen and oxygen atoms in total. The van der Waals surface area contributed by atoms with Gasteiger partial charge in [-0.25, -0.2) is 29.9 Å². The molecule has 0 aliphatic carbocycles. The van der Waals surface area contributed by atoms with E-state index in [9.17, 15) is 0 Å². The molecule has 8 aromatic carbocycles. The number of aromatic nitrogens is 6. The second kappa shape index (κ2) is 15.9. The van der Waals surface area contributed by atoms with Crippen molar-refractivity contribution in [1.82, 2.24) is 29.9 Å². The van der Waals surface area contributed by atoms with Crippen LogP contribution in [0.25, 0.3) is 113 Å². The van der Waals surface area contributed by atoms with E-state index in [1.165, 1.54) is 0 Å². The molecule has 11 rings (SSSR count). The summed E-state index contributed by atoms with van der Waals surface area (Å²) in [6, 6.07) is 65.8. The monoisotopic (exact) mass is 810 g/mol. The fourth-order valence-corrected chi connectivity index (χ4v) is 8.22. The molecule has 0 spiro atoms. The largest absolute Gasteiger partial charge is 0.455 e. The topological polar surface area (TPSA) is 90.5 Å². The van der Waals surface area contributed by atoms with Crippen LogP contribution in [0.4, 0.5) is 0 Å². The van der Waals surface area contributed by atoms with Gasteiger partial charge in [-0.2, -0.15) is 0 Å². The van der Waals surface area contributed by atoms with Crippen LogP contribution in [-0.2, 0) is 0 Å². The van der Waals surface area contributed by atoms with Crippen molar-refractivity contribution < 1.29 is 4.42 Å². The summed E-state index contributed by atoms with van der Waals surface area (Å²) in [6.07, 6.45) is 0. The van der Waals surface area contributed by atoms with Crippen molar-refractivity contribution in [2.75, 3.05) is 0 Å². The van der Waals surface area contributed by atoms with Crippen molar-refractivity contribution in [3.63, 3.8) is 0 Å². The van der Waals surface area contributed by atoms with Crippen molar-refractivity contribution >= 4 is 21.9 Å². The Morgan fingerprint density at radius 2 is 0.540 bits per heavy atom. The van der Waals surface area contributed by atoms with E-state index in [0.29, 0.717) is 34.9 Å². The van der Waals surface area contributed by atoms with Crippen LogP contribution in [-0.4, -0.2) is 29.9 Å². The standard InChI is InChI=1S/C56H38N6O/c1-35-29-45(41-25-15-27-43(33-41)55-59-51(37-17-7-3-8-18-37)57-52(60-55)38-19-9-4-10-20-38)49-47(31-35)48-32-36(2)30-46(50(48)63-49)42-26-16-28-44(34-42)56-61-53(39-21-11-5-12-22-39)58-54(62-56)40-23-13-6-14-24-40/h3-34H,1-2H3. The number of hydrogen-bond acceptors (Lipinski definition) is 7. The van der Waals surface area contributed by atoms with Crippen molar-refractivity contribution in [3.8, 4) is 90.6 Å². The summed E-state index contributed by atoms with van der Waals surface area (Å²) in [5.74, 6) is 3.68. The minimum Gasteiger partial charge on any atom is -0.455 e. The van der Waals surface area contributed by atoms with Gasteiger partial charge in [-0.3, -0.25) is 0 Å². The van der Waals surface area contributed by atoms with Crippen LogP contribution in [0.3, 0.4) is 0 Å². The molecular weight excluding hydrogens is 773 g/mol. The molecule has 0 aliphatic rings. The van der Waals surface area contributed by atoms with Gasteiger partial charge in [-0.1, -0.05) is 158 Å². The van der Waals surface area contributed by atoms with E-state index in [0.717, 1.165) is 88.7 Å². The number of rotatable bonds is 8. The predicted octanol–water partition coefficient (Wildman–Crippen LogP) is 13.9. The first kappa shape index (κ1) is 37.6. The summed E-state index contributed by atoms with van der Waals surface area (Å²) in [5.41, 5.74) is 13.4. The first-order chi connectivity index (χ1) is 31.0. The summed E-state index contributed by atoms with van der Waals surface area (Å²) < 4.78 is 7.05. The maximum atomic E-state index is 7.05. The Morgan fingerprint density at radius 1 is 0.270 bits per heavy atom.